The average molecular weight is 257 g/mol. The number of likely N-dealkylation sites (N-methyl/N-ethyl adjacent to an activating group) is 1. The number of benzene rings is 1. The fourth-order valence-corrected chi connectivity index (χ4v) is 2.49. The van der Waals surface area contributed by atoms with Crippen LogP contribution in [0.1, 0.15) is 5.56 Å². The number of nitrogen functional groups attached to an aromatic ring is 1. The third kappa shape index (κ3) is 3.72. The zero-order chi connectivity index (χ0) is 13.1. The van der Waals surface area contributed by atoms with Crippen LogP contribution in [0.5, 0.6) is 0 Å². The molecule has 0 bridgehead atoms. The minimum atomic E-state index is -3.58. The number of para-hydroxylation sites is 1. The predicted octanol–water partition coefficient (Wildman–Crippen LogP) is -0.484. The minimum Gasteiger partial charge on any atom is -0.398 e. The average Bonchev–Trinajstić information content (AvgIpc) is 2.20. The smallest absolute Gasteiger partial charge is 0.232 e. The molecule has 1 aromatic rings. The Labute approximate surface area is 100 Å². The third-order valence-corrected chi connectivity index (χ3v) is 4.00. The molecule has 1 amide bonds. The van der Waals surface area contributed by atoms with Gasteiger partial charge in [-0.15, -0.1) is 0 Å². The van der Waals surface area contributed by atoms with E-state index in [0.29, 0.717) is 11.3 Å². The van der Waals surface area contributed by atoms with Crippen molar-refractivity contribution in [3.63, 3.8) is 0 Å². The van der Waals surface area contributed by atoms with Crippen molar-refractivity contribution in [3.8, 4) is 0 Å². The van der Waals surface area contributed by atoms with E-state index < -0.39 is 15.9 Å². The molecule has 0 aliphatic carbocycles. The van der Waals surface area contributed by atoms with Gasteiger partial charge >= 0.3 is 0 Å². The van der Waals surface area contributed by atoms with Crippen molar-refractivity contribution in [2.24, 2.45) is 5.73 Å². The molecule has 0 saturated carbocycles. The van der Waals surface area contributed by atoms with E-state index in [2.05, 4.69) is 0 Å². The lowest BCUT2D eigenvalue weighted by molar-refractivity contribution is -0.118. The van der Waals surface area contributed by atoms with Gasteiger partial charge in [-0.2, -0.15) is 4.31 Å². The Hall–Kier alpha value is -1.60. The Morgan fingerprint density at radius 1 is 1.35 bits per heavy atom. The molecule has 4 N–H and O–H groups in total. The fraction of sp³-hybridized carbons (Fsp3) is 0.300. The highest BCUT2D eigenvalue weighted by atomic mass is 32.2. The number of primary amides is 1. The summed E-state index contributed by atoms with van der Waals surface area (Å²) in [4.78, 5) is 10.7. The van der Waals surface area contributed by atoms with Gasteiger partial charge in [-0.05, 0) is 11.6 Å². The molecule has 0 radical (unpaired) electrons. The number of amides is 1. The molecule has 94 valence electrons. The van der Waals surface area contributed by atoms with Gasteiger partial charge in [0.25, 0.3) is 0 Å². The van der Waals surface area contributed by atoms with E-state index in [1.807, 2.05) is 0 Å². The second kappa shape index (κ2) is 5.15. The first-order valence-corrected chi connectivity index (χ1v) is 6.49. The maximum atomic E-state index is 11.9. The SMILES string of the molecule is CN(CC(N)=O)S(=O)(=O)Cc1ccccc1N. The third-order valence-electron chi connectivity index (χ3n) is 2.25. The Balaban J connectivity index is 2.87. The summed E-state index contributed by atoms with van der Waals surface area (Å²) in [7, 11) is -2.27. The maximum absolute atomic E-state index is 11.9. The summed E-state index contributed by atoms with van der Waals surface area (Å²) in [6.07, 6.45) is 0. The van der Waals surface area contributed by atoms with Crippen molar-refractivity contribution < 1.29 is 13.2 Å². The fourth-order valence-electron chi connectivity index (χ4n) is 1.29. The predicted molar refractivity (Wildman–Crippen MR) is 65.3 cm³/mol. The number of anilines is 1. The Morgan fingerprint density at radius 2 is 1.94 bits per heavy atom. The molecule has 0 aliphatic heterocycles. The number of carbonyl (C=O) groups excluding carboxylic acids is 1. The number of nitrogens with zero attached hydrogens (tertiary/aromatic N) is 1. The molecular weight excluding hydrogens is 242 g/mol. The highest BCUT2D eigenvalue weighted by Crippen LogP contribution is 2.15. The second-order valence-corrected chi connectivity index (χ2v) is 5.75. The van der Waals surface area contributed by atoms with Crippen LogP contribution in [0.4, 0.5) is 5.69 Å². The van der Waals surface area contributed by atoms with Crippen molar-refractivity contribution in [3.05, 3.63) is 29.8 Å². The van der Waals surface area contributed by atoms with Crippen molar-refractivity contribution in [2.75, 3.05) is 19.3 Å². The van der Waals surface area contributed by atoms with Gasteiger partial charge in [0.1, 0.15) is 0 Å². The molecule has 0 fully saturated rings. The minimum absolute atomic E-state index is 0.247. The first-order valence-electron chi connectivity index (χ1n) is 4.88. The number of hydrogen-bond acceptors (Lipinski definition) is 4. The van der Waals surface area contributed by atoms with E-state index in [1.165, 1.54) is 7.05 Å². The zero-order valence-electron chi connectivity index (χ0n) is 9.46. The van der Waals surface area contributed by atoms with Crippen LogP contribution in [-0.2, 0) is 20.6 Å². The molecule has 1 rings (SSSR count). The highest BCUT2D eigenvalue weighted by molar-refractivity contribution is 7.88. The summed E-state index contributed by atoms with van der Waals surface area (Å²) in [5.41, 5.74) is 11.5. The lowest BCUT2D eigenvalue weighted by Crippen LogP contribution is -2.36. The number of rotatable bonds is 5. The van der Waals surface area contributed by atoms with Gasteiger partial charge in [0.2, 0.25) is 15.9 Å². The van der Waals surface area contributed by atoms with Gasteiger partial charge in [0.05, 0.1) is 12.3 Å². The first-order chi connectivity index (χ1) is 7.83. The second-order valence-electron chi connectivity index (χ2n) is 3.68. The van der Waals surface area contributed by atoms with Crippen molar-refractivity contribution in [1.29, 1.82) is 0 Å². The molecule has 0 spiro atoms. The standard InChI is InChI=1S/C10H15N3O3S/c1-13(6-10(12)14)17(15,16)7-8-4-2-3-5-9(8)11/h2-5H,6-7,11H2,1H3,(H2,12,14). The molecule has 0 atom stereocenters. The van der Waals surface area contributed by atoms with Gasteiger partial charge < -0.3 is 11.5 Å². The van der Waals surface area contributed by atoms with Crippen LogP contribution in [0.15, 0.2) is 24.3 Å². The molecule has 0 aromatic heterocycles. The van der Waals surface area contributed by atoms with Gasteiger partial charge in [-0.25, -0.2) is 8.42 Å². The van der Waals surface area contributed by atoms with Crippen molar-refractivity contribution >= 4 is 21.6 Å². The summed E-state index contributed by atoms with van der Waals surface area (Å²) in [5, 5.41) is 0. The summed E-state index contributed by atoms with van der Waals surface area (Å²) < 4.78 is 24.6. The molecule has 6 nitrogen and oxygen atoms in total. The van der Waals surface area contributed by atoms with Crippen LogP contribution in [0.2, 0.25) is 0 Å². The van der Waals surface area contributed by atoms with Crippen LogP contribution in [0.3, 0.4) is 0 Å². The highest BCUT2D eigenvalue weighted by Gasteiger charge is 2.20. The Morgan fingerprint density at radius 3 is 2.47 bits per heavy atom. The van der Waals surface area contributed by atoms with E-state index in [1.54, 1.807) is 24.3 Å². The molecule has 0 heterocycles. The first kappa shape index (κ1) is 13.5. The lowest BCUT2D eigenvalue weighted by Gasteiger charge is -2.15. The Bertz CT molecular complexity index is 513. The van der Waals surface area contributed by atoms with Crippen LogP contribution in [0.25, 0.3) is 0 Å². The number of carbonyl (C=O) groups is 1. The summed E-state index contributed by atoms with van der Waals surface area (Å²) in [6, 6.07) is 6.68. The van der Waals surface area contributed by atoms with E-state index >= 15 is 0 Å². The molecule has 0 unspecified atom stereocenters. The molecule has 0 saturated heterocycles. The van der Waals surface area contributed by atoms with Crippen LogP contribution in [-0.4, -0.2) is 32.2 Å². The van der Waals surface area contributed by atoms with Crippen molar-refractivity contribution in [1.82, 2.24) is 4.31 Å². The maximum Gasteiger partial charge on any atom is 0.232 e. The van der Waals surface area contributed by atoms with Gasteiger partial charge in [-0.1, -0.05) is 18.2 Å². The molecule has 17 heavy (non-hydrogen) atoms. The largest absolute Gasteiger partial charge is 0.398 e. The number of sulfonamides is 1. The topological polar surface area (TPSA) is 106 Å². The number of hydrogen-bond donors (Lipinski definition) is 2. The van der Waals surface area contributed by atoms with Crippen LogP contribution in [0, 0.1) is 0 Å². The van der Waals surface area contributed by atoms with Crippen LogP contribution >= 0.6 is 0 Å². The van der Waals surface area contributed by atoms with E-state index in [9.17, 15) is 13.2 Å². The molecule has 1 aromatic carbocycles. The van der Waals surface area contributed by atoms with Gasteiger partial charge in [-0.3, -0.25) is 4.79 Å². The number of nitrogens with two attached hydrogens (primary N) is 2. The zero-order valence-corrected chi connectivity index (χ0v) is 10.3. The summed E-state index contributed by atoms with van der Waals surface area (Å²) >= 11 is 0. The van der Waals surface area contributed by atoms with Crippen molar-refractivity contribution in [2.45, 2.75) is 5.75 Å². The monoisotopic (exact) mass is 257 g/mol. The van der Waals surface area contributed by atoms with E-state index in [0.717, 1.165) is 4.31 Å². The summed E-state index contributed by atoms with van der Waals surface area (Å²) in [5.74, 6) is -0.944. The Kier molecular flexibility index (Phi) is 4.08. The molecule has 7 heteroatoms. The van der Waals surface area contributed by atoms with Gasteiger partial charge in [0.15, 0.2) is 0 Å². The van der Waals surface area contributed by atoms with E-state index in [-0.39, 0.29) is 12.3 Å². The quantitative estimate of drug-likeness (QED) is 0.694. The lowest BCUT2D eigenvalue weighted by atomic mass is 10.2. The molecule has 0 aliphatic rings. The van der Waals surface area contributed by atoms with E-state index in [4.69, 9.17) is 11.5 Å². The normalized spacial score (nSPS) is 11.6. The van der Waals surface area contributed by atoms with Gasteiger partial charge in [0, 0.05) is 12.7 Å². The summed E-state index contributed by atoms with van der Waals surface area (Å²) in [6.45, 7) is -0.338. The van der Waals surface area contributed by atoms with Crippen LogP contribution < -0.4 is 11.5 Å². The molecular formula is C10H15N3O3S.